The Morgan fingerprint density at radius 1 is 1.69 bits per heavy atom. The Morgan fingerprint density at radius 3 is 2.85 bits per heavy atom. The van der Waals surface area contributed by atoms with E-state index in [1.807, 2.05) is 0 Å². The minimum atomic E-state index is -0.833. The van der Waals surface area contributed by atoms with Gasteiger partial charge in [-0.15, -0.1) is 0 Å². The zero-order valence-electron chi connectivity index (χ0n) is 7.40. The first-order valence-corrected chi connectivity index (χ1v) is 4.55. The molecule has 2 rings (SSSR count). The van der Waals surface area contributed by atoms with Crippen LogP contribution < -0.4 is 0 Å². The molecule has 2 aliphatic rings. The van der Waals surface area contributed by atoms with Crippen LogP contribution >= 0.6 is 0 Å². The van der Waals surface area contributed by atoms with Gasteiger partial charge in [-0.3, -0.25) is 9.59 Å². The van der Waals surface area contributed by atoms with Crippen LogP contribution in [0.1, 0.15) is 13.3 Å². The second-order valence-electron chi connectivity index (χ2n) is 3.62. The summed E-state index contributed by atoms with van der Waals surface area (Å²) in [5.74, 6) is -0.896. The van der Waals surface area contributed by atoms with Crippen molar-refractivity contribution in [2.24, 2.45) is 17.8 Å². The molecule has 2 saturated carbocycles. The highest BCUT2D eigenvalue weighted by Gasteiger charge is 2.65. The number of esters is 1. The number of aliphatic hydroxyl groups is 1. The van der Waals surface area contributed by atoms with E-state index < -0.39 is 6.10 Å². The summed E-state index contributed by atoms with van der Waals surface area (Å²) in [6.07, 6.45) is -0.395. The predicted molar refractivity (Wildman–Crippen MR) is 42.7 cm³/mol. The van der Waals surface area contributed by atoms with E-state index in [1.54, 1.807) is 6.92 Å². The van der Waals surface area contributed by atoms with Gasteiger partial charge in [-0.25, -0.2) is 0 Å². The van der Waals surface area contributed by atoms with E-state index in [2.05, 4.69) is 0 Å². The number of Topliss-reactive ketones (excluding diaryl/α,β-unsaturated/α-hetero) is 1. The number of fused-ring (bicyclic) bond motifs is 1. The molecule has 2 aliphatic carbocycles. The van der Waals surface area contributed by atoms with Gasteiger partial charge in [0.05, 0.1) is 12.5 Å². The van der Waals surface area contributed by atoms with Crippen LogP contribution in [0.5, 0.6) is 0 Å². The van der Waals surface area contributed by atoms with Gasteiger partial charge in [-0.05, 0) is 19.3 Å². The van der Waals surface area contributed by atoms with Gasteiger partial charge in [0.2, 0.25) is 0 Å². The molecule has 0 spiro atoms. The fourth-order valence-electron chi connectivity index (χ4n) is 2.21. The first kappa shape index (κ1) is 8.69. The minimum absolute atomic E-state index is 0.0570. The summed E-state index contributed by atoms with van der Waals surface area (Å²) in [4.78, 5) is 22.4. The highest BCUT2D eigenvalue weighted by Crippen LogP contribution is 2.55. The molecule has 0 unspecified atom stereocenters. The number of aliphatic hydroxyl groups excluding tert-OH is 1. The third-order valence-electron chi connectivity index (χ3n) is 2.88. The van der Waals surface area contributed by atoms with Crippen molar-refractivity contribution in [2.45, 2.75) is 19.4 Å². The third-order valence-corrected chi connectivity index (χ3v) is 2.88. The molecule has 4 atom stereocenters. The SMILES string of the molecule is CCOC(=O)[C@H]1[C@@H]2C[C@@H](O)C(=O)[C@@H]21. The summed E-state index contributed by atoms with van der Waals surface area (Å²) in [6.45, 7) is 2.10. The first-order valence-electron chi connectivity index (χ1n) is 4.55. The third kappa shape index (κ3) is 1.16. The van der Waals surface area contributed by atoms with Crippen molar-refractivity contribution in [3.63, 3.8) is 0 Å². The number of hydrogen-bond donors (Lipinski definition) is 1. The monoisotopic (exact) mass is 184 g/mol. The maximum absolute atomic E-state index is 11.2. The average Bonchev–Trinajstić information content (AvgIpc) is 2.70. The molecule has 0 heterocycles. The van der Waals surface area contributed by atoms with Gasteiger partial charge in [0, 0.05) is 5.92 Å². The van der Waals surface area contributed by atoms with Crippen LogP contribution in [-0.4, -0.2) is 29.6 Å². The molecule has 4 heteroatoms. The largest absolute Gasteiger partial charge is 0.466 e. The lowest BCUT2D eigenvalue weighted by atomic mass is 10.1. The highest BCUT2D eigenvalue weighted by molar-refractivity contribution is 5.97. The van der Waals surface area contributed by atoms with Gasteiger partial charge in [0.25, 0.3) is 0 Å². The van der Waals surface area contributed by atoms with Crippen molar-refractivity contribution in [1.29, 1.82) is 0 Å². The van der Waals surface area contributed by atoms with E-state index >= 15 is 0 Å². The highest BCUT2D eigenvalue weighted by atomic mass is 16.5. The normalized spacial score (nSPS) is 41.5. The summed E-state index contributed by atoms with van der Waals surface area (Å²) in [6, 6.07) is 0. The Kier molecular flexibility index (Phi) is 1.87. The quantitative estimate of drug-likeness (QED) is 0.601. The van der Waals surface area contributed by atoms with Crippen molar-refractivity contribution >= 4 is 11.8 Å². The van der Waals surface area contributed by atoms with Crippen LogP contribution in [0.4, 0.5) is 0 Å². The topological polar surface area (TPSA) is 63.6 Å². The molecule has 4 nitrogen and oxygen atoms in total. The van der Waals surface area contributed by atoms with Crippen molar-refractivity contribution in [1.82, 2.24) is 0 Å². The Labute approximate surface area is 75.9 Å². The van der Waals surface area contributed by atoms with E-state index in [1.165, 1.54) is 0 Å². The molecule has 0 aromatic heterocycles. The zero-order valence-corrected chi connectivity index (χ0v) is 7.40. The van der Waals surface area contributed by atoms with Crippen LogP contribution in [0.15, 0.2) is 0 Å². The molecule has 0 aliphatic heterocycles. The standard InChI is InChI=1S/C9H12O4/c1-2-13-9(12)7-4-3-5(10)8(11)6(4)7/h4-7,10H,2-3H2,1H3/t4-,5-,6+,7+/m1/s1. The molecule has 0 bridgehead atoms. The molecule has 0 saturated heterocycles. The molecule has 0 aromatic carbocycles. The zero-order chi connectivity index (χ0) is 9.59. The summed E-state index contributed by atoms with van der Waals surface area (Å²) in [5, 5.41) is 9.13. The van der Waals surface area contributed by atoms with Gasteiger partial charge < -0.3 is 9.84 Å². The molecule has 2 fully saturated rings. The van der Waals surface area contributed by atoms with Gasteiger partial charge in [-0.1, -0.05) is 0 Å². The molecule has 0 aromatic rings. The molecule has 0 amide bonds. The van der Waals surface area contributed by atoms with Crippen LogP contribution in [0.2, 0.25) is 0 Å². The predicted octanol–water partition coefficient (Wildman–Crippen LogP) is -0.255. The van der Waals surface area contributed by atoms with Crippen molar-refractivity contribution in [2.75, 3.05) is 6.61 Å². The Bertz CT molecular complexity index is 260. The maximum Gasteiger partial charge on any atom is 0.309 e. The molecular formula is C9H12O4. The number of carbonyl (C=O) groups is 2. The fraction of sp³-hybridized carbons (Fsp3) is 0.778. The molecular weight excluding hydrogens is 172 g/mol. The van der Waals surface area contributed by atoms with E-state index in [-0.39, 0.29) is 29.5 Å². The fourth-order valence-corrected chi connectivity index (χ4v) is 2.21. The molecule has 13 heavy (non-hydrogen) atoms. The minimum Gasteiger partial charge on any atom is -0.466 e. The number of rotatable bonds is 2. The number of ether oxygens (including phenoxy) is 1. The van der Waals surface area contributed by atoms with Crippen LogP contribution in [0.3, 0.4) is 0 Å². The smallest absolute Gasteiger partial charge is 0.309 e. The Hall–Kier alpha value is -0.900. The average molecular weight is 184 g/mol. The summed E-state index contributed by atoms with van der Waals surface area (Å²) in [7, 11) is 0. The van der Waals surface area contributed by atoms with Gasteiger partial charge in [0.15, 0.2) is 5.78 Å². The summed E-state index contributed by atoms with van der Waals surface area (Å²) in [5.41, 5.74) is 0. The number of hydrogen-bond acceptors (Lipinski definition) is 4. The van der Waals surface area contributed by atoms with Crippen molar-refractivity contribution in [3.05, 3.63) is 0 Å². The lowest BCUT2D eigenvalue weighted by Crippen LogP contribution is -2.22. The molecule has 0 radical (unpaired) electrons. The van der Waals surface area contributed by atoms with Gasteiger partial charge in [0.1, 0.15) is 6.10 Å². The van der Waals surface area contributed by atoms with Crippen molar-refractivity contribution < 1.29 is 19.4 Å². The van der Waals surface area contributed by atoms with Crippen molar-refractivity contribution in [3.8, 4) is 0 Å². The van der Waals surface area contributed by atoms with Crippen LogP contribution in [-0.2, 0) is 14.3 Å². The molecule has 72 valence electrons. The summed E-state index contributed by atoms with van der Waals surface area (Å²) >= 11 is 0. The van der Waals surface area contributed by atoms with Gasteiger partial charge in [-0.2, -0.15) is 0 Å². The van der Waals surface area contributed by atoms with E-state index in [9.17, 15) is 9.59 Å². The van der Waals surface area contributed by atoms with E-state index in [4.69, 9.17) is 9.84 Å². The van der Waals surface area contributed by atoms with Gasteiger partial charge >= 0.3 is 5.97 Å². The number of carbonyl (C=O) groups excluding carboxylic acids is 2. The Balaban J connectivity index is 1.96. The van der Waals surface area contributed by atoms with Crippen LogP contribution in [0, 0.1) is 17.8 Å². The lowest BCUT2D eigenvalue weighted by Gasteiger charge is -2.06. The second kappa shape index (κ2) is 2.80. The Morgan fingerprint density at radius 2 is 2.38 bits per heavy atom. The van der Waals surface area contributed by atoms with E-state index in [0.29, 0.717) is 13.0 Å². The lowest BCUT2D eigenvalue weighted by molar-refractivity contribution is -0.147. The van der Waals surface area contributed by atoms with E-state index in [0.717, 1.165) is 0 Å². The first-order chi connectivity index (χ1) is 6.16. The maximum atomic E-state index is 11.2. The summed E-state index contributed by atoms with van der Waals surface area (Å²) < 4.78 is 4.81. The number of ketones is 1. The van der Waals surface area contributed by atoms with Crippen LogP contribution in [0.25, 0.3) is 0 Å². The second-order valence-corrected chi connectivity index (χ2v) is 3.62. The molecule has 1 N–H and O–H groups in total.